The number of ether oxygens (including phenoxy) is 1. The molecule has 1 aliphatic carbocycles. The summed E-state index contributed by atoms with van der Waals surface area (Å²) in [6, 6.07) is 0.138. The van der Waals surface area contributed by atoms with Gasteiger partial charge in [-0.3, -0.25) is 4.79 Å². The first kappa shape index (κ1) is 16.6. The first-order valence-corrected chi connectivity index (χ1v) is 7.68. The van der Waals surface area contributed by atoms with Crippen LogP contribution in [0.3, 0.4) is 0 Å². The van der Waals surface area contributed by atoms with Crippen LogP contribution in [0.25, 0.3) is 0 Å². The Labute approximate surface area is 115 Å². The fourth-order valence-electron chi connectivity index (χ4n) is 2.18. The van der Waals surface area contributed by atoms with E-state index < -0.39 is 12.8 Å². The first-order chi connectivity index (χ1) is 8.92. The van der Waals surface area contributed by atoms with Gasteiger partial charge in [-0.05, 0) is 19.1 Å². The van der Waals surface area contributed by atoms with Crippen LogP contribution in [-0.4, -0.2) is 42.8 Å². The average Bonchev–Trinajstić information content (AvgIpc) is 2.34. The van der Waals surface area contributed by atoms with Crippen LogP contribution in [0.4, 0.5) is 13.2 Å². The van der Waals surface area contributed by atoms with Crippen molar-refractivity contribution in [2.75, 3.05) is 19.5 Å². The predicted molar refractivity (Wildman–Crippen MR) is 69.2 cm³/mol. The number of nitrogens with one attached hydrogen (secondary N) is 1. The molecule has 1 rings (SSSR count). The summed E-state index contributed by atoms with van der Waals surface area (Å²) in [5, 5.41) is 3.31. The van der Waals surface area contributed by atoms with Gasteiger partial charge in [0.15, 0.2) is 0 Å². The number of carbonyl (C=O) groups is 1. The van der Waals surface area contributed by atoms with Crippen molar-refractivity contribution in [2.24, 2.45) is 0 Å². The van der Waals surface area contributed by atoms with Gasteiger partial charge in [0.1, 0.15) is 6.61 Å². The molecule has 0 aromatic rings. The van der Waals surface area contributed by atoms with Gasteiger partial charge in [0.05, 0.1) is 6.61 Å². The van der Waals surface area contributed by atoms with Crippen LogP contribution >= 0.6 is 11.8 Å². The van der Waals surface area contributed by atoms with Crippen molar-refractivity contribution in [1.29, 1.82) is 0 Å². The average molecular weight is 299 g/mol. The second-order valence-corrected chi connectivity index (χ2v) is 5.73. The summed E-state index contributed by atoms with van der Waals surface area (Å²) in [5.41, 5.74) is 0. The Hall–Kier alpha value is -0.430. The zero-order valence-electron chi connectivity index (χ0n) is 11.0. The van der Waals surface area contributed by atoms with Crippen molar-refractivity contribution < 1.29 is 22.7 Å². The summed E-state index contributed by atoms with van der Waals surface area (Å²) >= 11 is 1.73. The van der Waals surface area contributed by atoms with Crippen molar-refractivity contribution in [3.05, 3.63) is 0 Å². The number of hydrogen-bond acceptors (Lipinski definition) is 3. The maximum atomic E-state index is 11.8. The fraction of sp³-hybridized carbons (Fsp3) is 0.917. The molecule has 2 atom stereocenters. The zero-order valence-corrected chi connectivity index (χ0v) is 11.8. The molecule has 0 unspecified atom stereocenters. The SMILES string of the molecule is CS[C@H]1CCCC[C@@H]1NC(=O)CCOCC(F)(F)F. The van der Waals surface area contributed by atoms with Crippen molar-refractivity contribution >= 4 is 17.7 Å². The second kappa shape index (κ2) is 7.99. The van der Waals surface area contributed by atoms with E-state index >= 15 is 0 Å². The lowest BCUT2D eigenvalue weighted by Crippen LogP contribution is -2.44. The number of carbonyl (C=O) groups excluding carboxylic acids is 1. The fourth-order valence-corrected chi connectivity index (χ4v) is 3.11. The van der Waals surface area contributed by atoms with Gasteiger partial charge in [0.25, 0.3) is 0 Å². The maximum Gasteiger partial charge on any atom is 0.411 e. The van der Waals surface area contributed by atoms with E-state index in [-0.39, 0.29) is 25.0 Å². The minimum Gasteiger partial charge on any atom is -0.372 e. The maximum absolute atomic E-state index is 11.8. The molecule has 7 heteroatoms. The molecule has 1 aliphatic rings. The summed E-state index contributed by atoms with van der Waals surface area (Å²) in [7, 11) is 0. The molecular weight excluding hydrogens is 279 g/mol. The molecule has 19 heavy (non-hydrogen) atoms. The minimum absolute atomic E-state index is 0.0202. The van der Waals surface area contributed by atoms with Gasteiger partial charge < -0.3 is 10.1 Å². The van der Waals surface area contributed by atoms with Gasteiger partial charge in [0, 0.05) is 17.7 Å². The largest absolute Gasteiger partial charge is 0.411 e. The van der Waals surface area contributed by atoms with E-state index in [2.05, 4.69) is 10.1 Å². The number of alkyl halides is 3. The minimum atomic E-state index is -4.33. The summed E-state index contributed by atoms with van der Waals surface area (Å²) in [6.45, 7) is -1.49. The van der Waals surface area contributed by atoms with E-state index in [0.717, 1.165) is 19.3 Å². The highest BCUT2D eigenvalue weighted by Gasteiger charge is 2.28. The Bertz CT molecular complexity index is 287. The predicted octanol–water partition coefficient (Wildman–Crippen LogP) is 2.75. The second-order valence-electron chi connectivity index (χ2n) is 4.65. The van der Waals surface area contributed by atoms with Crippen LogP contribution in [0.15, 0.2) is 0 Å². The molecule has 0 aromatic carbocycles. The molecule has 0 bridgehead atoms. The van der Waals surface area contributed by atoms with E-state index in [1.165, 1.54) is 6.42 Å². The summed E-state index contributed by atoms with van der Waals surface area (Å²) in [4.78, 5) is 11.6. The summed E-state index contributed by atoms with van der Waals surface area (Å²) in [5.74, 6) is -0.229. The third-order valence-corrected chi connectivity index (χ3v) is 4.26. The number of thioether (sulfide) groups is 1. The molecule has 1 amide bonds. The summed E-state index contributed by atoms with van der Waals surface area (Å²) < 4.78 is 39.9. The van der Waals surface area contributed by atoms with Gasteiger partial charge in [-0.2, -0.15) is 24.9 Å². The molecule has 0 aliphatic heterocycles. The molecule has 0 heterocycles. The monoisotopic (exact) mass is 299 g/mol. The van der Waals surface area contributed by atoms with Crippen molar-refractivity contribution in [1.82, 2.24) is 5.32 Å². The molecule has 0 spiro atoms. The molecule has 1 N–H and O–H groups in total. The zero-order chi connectivity index (χ0) is 14.3. The van der Waals surface area contributed by atoms with Gasteiger partial charge in [-0.1, -0.05) is 12.8 Å². The van der Waals surface area contributed by atoms with E-state index in [9.17, 15) is 18.0 Å². The molecule has 0 saturated heterocycles. The quantitative estimate of drug-likeness (QED) is 0.766. The van der Waals surface area contributed by atoms with Crippen LogP contribution in [0, 0.1) is 0 Å². The van der Waals surface area contributed by atoms with E-state index in [0.29, 0.717) is 5.25 Å². The highest BCUT2D eigenvalue weighted by molar-refractivity contribution is 7.99. The van der Waals surface area contributed by atoms with Crippen LogP contribution in [0.2, 0.25) is 0 Å². The molecule has 1 fully saturated rings. The molecule has 0 aromatic heterocycles. The lowest BCUT2D eigenvalue weighted by Gasteiger charge is -2.30. The van der Waals surface area contributed by atoms with Crippen molar-refractivity contribution in [2.45, 2.75) is 49.6 Å². The van der Waals surface area contributed by atoms with Gasteiger partial charge in [0.2, 0.25) is 5.91 Å². The Morgan fingerprint density at radius 3 is 2.68 bits per heavy atom. The molecule has 1 saturated carbocycles. The Morgan fingerprint density at radius 2 is 2.05 bits per heavy atom. The third-order valence-electron chi connectivity index (χ3n) is 3.09. The Morgan fingerprint density at radius 1 is 1.37 bits per heavy atom. The Kier molecular flexibility index (Phi) is 6.99. The highest BCUT2D eigenvalue weighted by atomic mass is 32.2. The molecule has 112 valence electrons. The lowest BCUT2D eigenvalue weighted by molar-refractivity contribution is -0.174. The Balaban J connectivity index is 2.19. The molecule has 3 nitrogen and oxygen atoms in total. The van der Waals surface area contributed by atoms with Crippen molar-refractivity contribution in [3.63, 3.8) is 0 Å². The third kappa shape index (κ3) is 7.06. The lowest BCUT2D eigenvalue weighted by atomic mass is 9.95. The van der Waals surface area contributed by atoms with Crippen LogP contribution in [0.5, 0.6) is 0 Å². The smallest absolute Gasteiger partial charge is 0.372 e. The van der Waals surface area contributed by atoms with E-state index in [1.54, 1.807) is 11.8 Å². The number of halogens is 3. The van der Waals surface area contributed by atoms with Gasteiger partial charge in [-0.25, -0.2) is 0 Å². The molecular formula is C12H20F3NO2S. The standard InChI is InChI=1S/C12H20F3NO2S/c1-19-10-5-3-2-4-9(10)16-11(17)6-7-18-8-12(13,14)15/h9-10H,2-8H2,1H3,(H,16,17)/t9-,10-/m0/s1. The molecule has 0 radical (unpaired) electrons. The van der Waals surface area contributed by atoms with Crippen molar-refractivity contribution in [3.8, 4) is 0 Å². The number of amides is 1. The van der Waals surface area contributed by atoms with E-state index in [1.807, 2.05) is 6.26 Å². The number of hydrogen-bond donors (Lipinski definition) is 1. The van der Waals surface area contributed by atoms with Crippen LogP contribution in [0.1, 0.15) is 32.1 Å². The summed E-state index contributed by atoms with van der Waals surface area (Å²) in [6.07, 6.45) is 1.95. The first-order valence-electron chi connectivity index (χ1n) is 6.39. The normalized spacial score (nSPS) is 24.2. The van der Waals surface area contributed by atoms with Gasteiger partial charge in [-0.15, -0.1) is 0 Å². The van der Waals surface area contributed by atoms with E-state index in [4.69, 9.17) is 0 Å². The topological polar surface area (TPSA) is 38.3 Å². The van der Waals surface area contributed by atoms with Gasteiger partial charge >= 0.3 is 6.18 Å². The number of rotatable bonds is 6. The highest BCUT2D eigenvalue weighted by Crippen LogP contribution is 2.27. The van der Waals surface area contributed by atoms with Crippen LogP contribution in [-0.2, 0) is 9.53 Å². The van der Waals surface area contributed by atoms with Crippen LogP contribution < -0.4 is 5.32 Å².